The highest BCUT2D eigenvalue weighted by Crippen LogP contribution is 1.97. The standard InChI is InChI=1S/C5H7NO/c1-7-5-3-2-4-6-5/h2-5H,1H3. The van der Waals surface area contributed by atoms with Crippen LogP contribution >= 0.6 is 0 Å². The summed E-state index contributed by atoms with van der Waals surface area (Å²) in [5.74, 6) is 0. The molecule has 0 aliphatic carbocycles. The van der Waals surface area contributed by atoms with E-state index in [9.17, 15) is 0 Å². The molecule has 0 spiro atoms. The summed E-state index contributed by atoms with van der Waals surface area (Å²) in [6.07, 6.45) is 5.47. The molecule has 0 saturated heterocycles. The minimum Gasteiger partial charge on any atom is -0.356 e. The van der Waals surface area contributed by atoms with Crippen LogP contribution in [0.2, 0.25) is 0 Å². The van der Waals surface area contributed by atoms with Gasteiger partial charge in [0.1, 0.15) is 0 Å². The third kappa shape index (κ3) is 0.871. The van der Waals surface area contributed by atoms with Crippen molar-refractivity contribution < 1.29 is 4.74 Å². The van der Waals surface area contributed by atoms with Crippen molar-refractivity contribution in [2.24, 2.45) is 4.99 Å². The summed E-state index contributed by atoms with van der Waals surface area (Å²) in [7, 11) is 1.64. The lowest BCUT2D eigenvalue weighted by atomic mass is 10.5. The zero-order valence-corrected chi connectivity index (χ0v) is 4.16. The zero-order valence-electron chi connectivity index (χ0n) is 4.16. The van der Waals surface area contributed by atoms with Crippen LogP contribution in [0, 0.1) is 0 Å². The number of rotatable bonds is 1. The summed E-state index contributed by atoms with van der Waals surface area (Å²) in [6, 6.07) is 0. The Morgan fingerprint density at radius 1 is 1.71 bits per heavy atom. The lowest BCUT2D eigenvalue weighted by molar-refractivity contribution is 0.151. The minimum absolute atomic E-state index is 0.0139. The first kappa shape index (κ1) is 4.53. The van der Waals surface area contributed by atoms with Gasteiger partial charge in [0.25, 0.3) is 0 Å². The molecular formula is C5H7NO. The first-order valence-corrected chi connectivity index (χ1v) is 2.16. The van der Waals surface area contributed by atoms with Gasteiger partial charge in [-0.1, -0.05) is 0 Å². The molecule has 0 aromatic rings. The Labute approximate surface area is 42.5 Å². The number of nitrogens with zero attached hydrogens (tertiary/aromatic N) is 1. The third-order valence-electron chi connectivity index (χ3n) is 0.836. The normalized spacial score (nSPS) is 26.7. The first-order valence-electron chi connectivity index (χ1n) is 2.16. The molecule has 7 heavy (non-hydrogen) atoms. The number of hydrogen-bond donors (Lipinski definition) is 0. The third-order valence-corrected chi connectivity index (χ3v) is 0.836. The van der Waals surface area contributed by atoms with Gasteiger partial charge >= 0.3 is 0 Å². The molecule has 2 heteroatoms. The summed E-state index contributed by atoms with van der Waals surface area (Å²) in [5.41, 5.74) is 0. The maximum atomic E-state index is 4.83. The van der Waals surface area contributed by atoms with Gasteiger partial charge in [0.05, 0.1) is 0 Å². The Kier molecular flexibility index (Phi) is 1.22. The quantitative estimate of drug-likeness (QED) is 0.469. The van der Waals surface area contributed by atoms with E-state index >= 15 is 0 Å². The lowest BCUT2D eigenvalue weighted by Gasteiger charge is -1.96. The summed E-state index contributed by atoms with van der Waals surface area (Å²) in [5, 5.41) is 0. The fourth-order valence-electron chi connectivity index (χ4n) is 0.468. The van der Waals surface area contributed by atoms with Gasteiger partial charge in [-0.05, 0) is 12.2 Å². The van der Waals surface area contributed by atoms with Crippen molar-refractivity contribution in [3.63, 3.8) is 0 Å². The van der Waals surface area contributed by atoms with Crippen LogP contribution in [0.5, 0.6) is 0 Å². The molecule has 0 aromatic carbocycles. The number of methoxy groups -OCH3 is 1. The van der Waals surface area contributed by atoms with Gasteiger partial charge in [-0.15, -0.1) is 0 Å². The Bertz CT molecular complexity index is 94.6. The van der Waals surface area contributed by atoms with Crippen molar-refractivity contribution in [2.75, 3.05) is 7.11 Å². The van der Waals surface area contributed by atoms with Crippen molar-refractivity contribution in [2.45, 2.75) is 6.23 Å². The molecule has 0 fully saturated rings. The largest absolute Gasteiger partial charge is 0.356 e. The van der Waals surface area contributed by atoms with Crippen LogP contribution in [-0.2, 0) is 4.74 Å². The molecule has 0 saturated carbocycles. The van der Waals surface area contributed by atoms with Gasteiger partial charge in [-0.2, -0.15) is 0 Å². The van der Waals surface area contributed by atoms with Crippen LogP contribution in [0.3, 0.4) is 0 Å². The number of hydrogen-bond acceptors (Lipinski definition) is 2. The van der Waals surface area contributed by atoms with Crippen molar-refractivity contribution >= 4 is 6.21 Å². The lowest BCUT2D eigenvalue weighted by Crippen LogP contribution is -1.97. The van der Waals surface area contributed by atoms with Crippen LogP contribution in [0.4, 0.5) is 0 Å². The van der Waals surface area contributed by atoms with Gasteiger partial charge in [0, 0.05) is 13.3 Å². The average Bonchev–Trinajstić information content (AvgIpc) is 2.14. The second-order valence-corrected chi connectivity index (χ2v) is 1.31. The Balaban J connectivity index is 2.44. The van der Waals surface area contributed by atoms with E-state index in [4.69, 9.17) is 4.74 Å². The Morgan fingerprint density at radius 3 is 2.86 bits per heavy atom. The molecule has 1 rings (SSSR count). The van der Waals surface area contributed by atoms with Crippen molar-refractivity contribution in [3.05, 3.63) is 12.2 Å². The van der Waals surface area contributed by atoms with Crippen molar-refractivity contribution in [3.8, 4) is 0 Å². The van der Waals surface area contributed by atoms with Crippen molar-refractivity contribution in [1.82, 2.24) is 0 Å². The SMILES string of the molecule is COC1C=CC=N1. The summed E-state index contributed by atoms with van der Waals surface area (Å²) in [6.45, 7) is 0. The number of allylic oxidation sites excluding steroid dienone is 1. The highest BCUT2D eigenvalue weighted by molar-refractivity contribution is 5.73. The molecule has 1 unspecified atom stereocenters. The highest BCUT2D eigenvalue weighted by Gasteiger charge is 1.97. The molecule has 1 aliphatic heterocycles. The number of aliphatic imine (C=N–C) groups is 1. The van der Waals surface area contributed by atoms with E-state index in [1.807, 2.05) is 12.2 Å². The van der Waals surface area contributed by atoms with Gasteiger partial charge in [-0.3, -0.25) is 4.99 Å². The maximum absolute atomic E-state index is 4.83. The molecule has 1 aliphatic rings. The van der Waals surface area contributed by atoms with E-state index in [1.165, 1.54) is 0 Å². The van der Waals surface area contributed by atoms with Gasteiger partial charge < -0.3 is 4.74 Å². The maximum Gasteiger partial charge on any atom is 0.167 e. The summed E-state index contributed by atoms with van der Waals surface area (Å²) >= 11 is 0. The van der Waals surface area contributed by atoms with Gasteiger partial charge in [0.15, 0.2) is 6.23 Å². The smallest absolute Gasteiger partial charge is 0.167 e. The van der Waals surface area contributed by atoms with E-state index < -0.39 is 0 Å². The van der Waals surface area contributed by atoms with Crippen LogP contribution < -0.4 is 0 Å². The topological polar surface area (TPSA) is 21.6 Å². The fourth-order valence-corrected chi connectivity index (χ4v) is 0.468. The summed E-state index contributed by atoms with van der Waals surface area (Å²) < 4.78 is 4.83. The molecule has 1 heterocycles. The molecular weight excluding hydrogens is 90.1 g/mol. The van der Waals surface area contributed by atoms with E-state index in [-0.39, 0.29) is 6.23 Å². The molecule has 38 valence electrons. The van der Waals surface area contributed by atoms with Crippen molar-refractivity contribution in [1.29, 1.82) is 0 Å². The van der Waals surface area contributed by atoms with Crippen LogP contribution in [0.1, 0.15) is 0 Å². The van der Waals surface area contributed by atoms with Gasteiger partial charge in [0.2, 0.25) is 0 Å². The minimum atomic E-state index is -0.0139. The Hall–Kier alpha value is -0.630. The molecule has 0 N–H and O–H groups in total. The van der Waals surface area contributed by atoms with E-state index in [1.54, 1.807) is 13.3 Å². The van der Waals surface area contributed by atoms with Gasteiger partial charge in [-0.25, -0.2) is 0 Å². The average molecular weight is 97.1 g/mol. The second-order valence-electron chi connectivity index (χ2n) is 1.31. The predicted molar refractivity (Wildman–Crippen MR) is 28.4 cm³/mol. The Morgan fingerprint density at radius 2 is 2.57 bits per heavy atom. The molecule has 0 radical (unpaired) electrons. The second kappa shape index (κ2) is 1.89. The number of ether oxygens (including phenoxy) is 1. The molecule has 0 amide bonds. The van der Waals surface area contributed by atoms with E-state index in [0.717, 1.165) is 0 Å². The monoisotopic (exact) mass is 97.1 g/mol. The van der Waals surface area contributed by atoms with E-state index in [0.29, 0.717) is 0 Å². The molecule has 0 bridgehead atoms. The molecule has 0 aromatic heterocycles. The van der Waals surface area contributed by atoms with Crippen LogP contribution in [0.25, 0.3) is 0 Å². The zero-order chi connectivity index (χ0) is 5.11. The highest BCUT2D eigenvalue weighted by atomic mass is 16.5. The van der Waals surface area contributed by atoms with Crippen LogP contribution in [-0.4, -0.2) is 19.6 Å². The molecule has 2 nitrogen and oxygen atoms in total. The summed E-state index contributed by atoms with van der Waals surface area (Å²) in [4.78, 5) is 3.90. The van der Waals surface area contributed by atoms with Crippen LogP contribution in [0.15, 0.2) is 17.1 Å². The molecule has 1 atom stereocenters. The first-order chi connectivity index (χ1) is 3.43. The fraction of sp³-hybridized carbons (Fsp3) is 0.400. The predicted octanol–water partition coefficient (Wildman–Crippen LogP) is 0.600. The van der Waals surface area contributed by atoms with E-state index in [2.05, 4.69) is 4.99 Å².